The van der Waals surface area contributed by atoms with E-state index in [1.165, 1.54) is 17.9 Å². The molecular weight excluding hydrogens is 258 g/mol. The lowest BCUT2D eigenvalue weighted by Crippen LogP contribution is -2.47. The third-order valence-corrected chi connectivity index (χ3v) is 4.83. The first-order valence-electron chi connectivity index (χ1n) is 6.78. The van der Waals surface area contributed by atoms with Crippen molar-refractivity contribution in [3.05, 3.63) is 18.0 Å². The van der Waals surface area contributed by atoms with Crippen molar-refractivity contribution < 1.29 is 0 Å². The normalized spacial score (nSPS) is 20.7. The zero-order chi connectivity index (χ0) is 13.7. The van der Waals surface area contributed by atoms with E-state index in [9.17, 15) is 0 Å². The molecule has 106 valence electrons. The van der Waals surface area contributed by atoms with Gasteiger partial charge in [0.2, 0.25) is 0 Å². The molecule has 0 radical (unpaired) electrons. The van der Waals surface area contributed by atoms with Gasteiger partial charge in [0, 0.05) is 44.4 Å². The number of hydrogen-bond donors (Lipinski definition) is 1. The van der Waals surface area contributed by atoms with Gasteiger partial charge in [-0.1, -0.05) is 6.92 Å². The molecule has 1 fully saturated rings. The van der Waals surface area contributed by atoms with Crippen molar-refractivity contribution in [2.24, 2.45) is 12.0 Å². The van der Waals surface area contributed by atoms with Crippen molar-refractivity contribution in [1.29, 1.82) is 0 Å². The molecule has 0 bridgehead atoms. The van der Waals surface area contributed by atoms with Crippen LogP contribution in [0.5, 0.6) is 0 Å². The lowest BCUT2D eigenvalue weighted by Gasteiger charge is -2.34. The van der Waals surface area contributed by atoms with Gasteiger partial charge in [0.05, 0.1) is 12.2 Å². The Kier molecular flexibility index (Phi) is 5.13. The van der Waals surface area contributed by atoms with Crippen molar-refractivity contribution in [2.45, 2.75) is 25.1 Å². The second-order valence-electron chi connectivity index (χ2n) is 4.69. The summed E-state index contributed by atoms with van der Waals surface area (Å²) >= 11 is 2.07. The fourth-order valence-electron chi connectivity index (χ4n) is 2.24. The zero-order valence-corrected chi connectivity index (χ0v) is 12.8. The van der Waals surface area contributed by atoms with Gasteiger partial charge in [0.25, 0.3) is 0 Å². The lowest BCUT2D eigenvalue weighted by molar-refractivity contribution is 0.407. The van der Waals surface area contributed by atoms with Gasteiger partial charge in [0.1, 0.15) is 0 Å². The number of hydrogen-bond acceptors (Lipinski definition) is 3. The Morgan fingerprint density at radius 2 is 2.47 bits per heavy atom. The number of guanidine groups is 1. The molecule has 0 spiro atoms. The Hall–Kier alpha value is -1.17. The van der Waals surface area contributed by atoms with Gasteiger partial charge in [-0.05, 0) is 12.5 Å². The molecule has 1 saturated heterocycles. The average Bonchev–Trinajstić information content (AvgIpc) is 2.85. The van der Waals surface area contributed by atoms with E-state index < -0.39 is 0 Å². The predicted octanol–water partition coefficient (Wildman–Crippen LogP) is 1.32. The molecule has 2 heterocycles. The minimum atomic E-state index is 0.726. The fourth-order valence-corrected chi connectivity index (χ4v) is 3.42. The highest BCUT2D eigenvalue weighted by Crippen LogP contribution is 2.21. The first-order chi connectivity index (χ1) is 9.24. The van der Waals surface area contributed by atoms with Gasteiger partial charge in [-0.25, -0.2) is 0 Å². The van der Waals surface area contributed by atoms with Crippen molar-refractivity contribution in [1.82, 2.24) is 20.0 Å². The topological polar surface area (TPSA) is 45.4 Å². The Labute approximate surface area is 119 Å². The van der Waals surface area contributed by atoms with Crippen molar-refractivity contribution in [3.8, 4) is 0 Å². The molecule has 1 N–H and O–H groups in total. The highest BCUT2D eigenvalue weighted by molar-refractivity contribution is 8.00. The third-order valence-electron chi connectivity index (χ3n) is 3.46. The number of aliphatic imine (C=N–C) groups is 1. The molecule has 1 aromatic rings. The van der Waals surface area contributed by atoms with E-state index in [0.717, 1.165) is 30.8 Å². The Morgan fingerprint density at radius 3 is 3.11 bits per heavy atom. The van der Waals surface area contributed by atoms with Crippen LogP contribution in [-0.4, -0.2) is 51.8 Å². The fraction of sp³-hybridized carbons (Fsp3) is 0.692. The molecule has 1 aliphatic heterocycles. The zero-order valence-electron chi connectivity index (χ0n) is 12.0. The molecule has 6 heteroatoms. The van der Waals surface area contributed by atoms with Crippen LogP contribution in [0.4, 0.5) is 0 Å². The molecule has 1 aromatic heterocycles. The molecule has 19 heavy (non-hydrogen) atoms. The second-order valence-corrected chi connectivity index (χ2v) is 6.10. The molecule has 1 unspecified atom stereocenters. The van der Waals surface area contributed by atoms with Crippen LogP contribution in [0, 0.1) is 0 Å². The first kappa shape index (κ1) is 14.2. The van der Waals surface area contributed by atoms with Gasteiger partial charge in [-0.3, -0.25) is 9.67 Å². The third kappa shape index (κ3) is 3.65. The summed E-state index contributed by atoms with van der Waals surface area (Å²) in [7, 11) is 3.82. The Balaban J connectivity index is 1.91. The van der Waals surface area contributed by atoms with E-state index in [2.05, 4.69) is 39.0 Å². The summed E-state index contributed by atoms with van der Waals surface area (Å²) in [4.78, 5) is 6.76. The minimum Gasteiger partial charge on any atom is -0.351 e. The van der Waals surface area contributed by atoms with Crippen LogP contribution in [0.25, 0.3) is 0 Å². The van der Waals surface area contributed by atoms with Gasteiger partial charge >= 0.3 is 0 Å². The number of thioether (sulfide) groups is 1. The number of aryl methyl sites for hydroxylation is 1. The van der Waals surface area contributed by atoms with Crippen LogP contribution in [0.3, 0.4) is 0 Å². The van der Waals surface area contributed by atoms with E-state index in [0.29, 0.717) is 0 Å². The molecule has 1 atom stereocenters. The van der Waals surface area contributed by atoms with Crippen LogP contribution in [0.2, 0.25) is 0 Å². The van der Waals surface area contributed by atoms with E-state index >= 15 is 0 Å². The molecule has 1 aliphatic rings. The van der Waals surface area contributed by atoms with Crippen molar-refractivity contribution in [3.63, 3.8) is 0 Å². The van der Waals surface area contributed by atoms with Gasteiger partial charge in [-0.15, -0.1) is 0 Å². The minimum absolute atomic E-state index is 0.726. The summed E-state index contributed by atoms with van der Waals surface area (Å²) in [6.45, 7) is 5.19. The lowest BCUT2D eigenvalue weighted by atomic mass is 10.3. The molecular formula is C13H23N5S. The van der Waals surface area contributed by atoms with Gasteiger partial charge in [0.15, 0.2) is 5.96 Å². The predicted molar refractivity (Wildman–Crippen MR) is 81.5 cm³/mol. The van der Waals surface area contributed by atoms with E-state index in [4.69, 9.17) is 0 Å². The second kappa shape index (κ2) is 6.84. The summed E-state index contributed by atoms with van der Waals surface area (Å²) in [5.74, 6) is 2.19. The quantitative estimate of drug-likeness (QED) is 0.670. The maximum Gasteiger partial charge on any atom is 0.194 e. The van der Waals surface area contributed by atoms with E-state index in [1.54, 1.807) is 0 Å². The van der Waals surface area contributed by atoms with Crippen molar-refractivity contribution in [2.75, 3.05) is 25.9 Å². The smallest absolute Gasteiger partial charge is 0.194 e. The van der Waals surface area contributed by atoms with E-state index in [-0.39, 0.29) is 0 Å². The largest absolute Gasteiger partial charge is 0.351 e. The van der Waals surface area contributed by atoms with Gasteiger partial charge < -0.3 is 10.2 Å². The molecule has 0 amide bonds. The number of nitrogens with one attached hydrogen (secondary N) is 1. The monoisotopic (exact) mass is 281 g/mol. The summed E-state index contributed by atoms with van der Waals surface area (Å²) in [6, 6.07) is 2.03. The standard InChI is InChI=1S/C13H23N5S/c1-4-12-10-18(7-8-19-12)13(14-2)15-9-11-5-6-16-17(11)3/h5-6,12H,4,7-10H2,1-3H3,(H,14,15). The van der Waals surface area contributed by atoms with Crippen molar-refractivity contribution >= 4 is 17.7 Å². The Bertz CT molecular complexity index is 428. The maximum absolute atomic E-state index is 4.40. The number of nitrogens with zero attached hydrogens (tertiary/aromatic N) is 4. The molecule has 5 nitrogen and oxygen atoms in total. The molecule has 0 aliphatic carbocycles. The number of aromatic nitrogens is 2. The summed E-state index contributed by atoms with van der Waals surface area (Å²) in [6.07, 6.45) is 3.05. The molecule has 2 rings (SSSR count). The molecule has 0 saturated carbocycles. The summed E-state index contributed by atoms with van der Waals surface area (Å²) < 4.78 is 1.89. The van der Waals surface area contributed by atoms with Crippen LogP contribution in [-0.2, 0) is 13.6 Å². The van der Waals surface area contributed by atoms with Gasteiger partial charge in [-0.2, -0.15) is 16.9 Å². The van der Waals surface area contributed by atoms with Crippen LogP contribution in [0.15, 0.2) is 17.3 Å². The Morgan fingerprint density at radius 1 is 1.63 bits per heavy atom. The highest BCUT2D eigenvalue weighted by Gasteiger charge is 2.21. The highest BCUT2D eigenvalue weighted by atomic mass is 32.2. The van der Waals surface area contributed by atoms with Crippen LogP contribution < -0.4 is 5.32 Å². The summed E-state index contributed by atoms with van der Waals surface area (Å²) in [5.41, 5.74) is 1.17. The SMILES string of the molecule is CCC1CN(C(=NC)NCc2ccnn2C)CCS1. The number of rotatable bonds is 3. The van der Waals surface area contributed by atoms with E-state index in [1.807, 2.05) is 31.0 Å². The maximum atomic E-state index is 4.40. The first-order valence-corrected chi connectivity index (χ1v) is 7.83. The van der Waals surface area contributed by atoms with Crippen LogP contribution >= 0.6 is 11.8 Å². The van der Waals surface area contributed by atoms with Crippen LogP contribution in [0.1, 0.15) is 19.0 Å². The summed E-state index contributed by atoms with van der Waals surface area (Å²) in [5, 5.41) is 8.34. The molecule has 0 aromatic carbocycles. The average molecular weight is 281 g/mol.